The summed E-state index contributed by atoms with van der Waals surface area (Å²) in [4.78, 5) is 33.6. The van der Waals surface area contributed by atoms with Crippen molar-refractivity contribution < 1.29 is 9.53 Å². The number of esters is 1. The molecule has 0 saturated carbocycles. The van der Waals surface area contributed by atoms with Crippen LogP contribution in [0.15, 0.2) is 85.3 Å². The summed E-state index contributed by atoms with van der Waals surface area (Å²) in [6.07, 6.45) is 4.38. The fourth-order valence-corrected chi connectivity index (χ4v) is 5.34. The van der Waals surface area contributed by atoms with Gasteiger partial charge in [0.25, 0.3) is 0 Å². The second-order valence-corrected chi connectivity index (χ2v) is 9.64. The lowest BCUT2D eigenvalue weighted by atomic mass is 10.1. The molecule has 0 radical (unpaired) electrons. The highest BCUT2D eigenvalue weighted by molar-refractivity contribution is 5.90. The smallest absolute Gasteiger partial charge is 0.338 e. The summed E-state index contributed by atoms with van der Waals surface area (Å²) >= 11 is 0. The van der Waals surface area contributed by atoms with Gasteiger partial charge in [0.15, 0.2) is 5.65 Å². The molecule has 2 bridgehead atoms. The number of ether oxygens (including phenoxy) is 1. The maximum absolute atomic E-state index is 12.6. The van der Waals surface area contributed by atoms with Crippen LogP contribution < -0.4 is 10.2 Å². The minimum absolute atomic E-state index is 0.230. The number of benzene rings is 2. The molecule has 2 fully saturated rings. The highest BCUT2D eigenvalue weighted by Gasteiger charge is 2.38. The molecule has 2 aromatic carbocycles. The summed E-state index contributed by atoms with van der Waals surface area (Å²) in [5, 5.41) is 3.55. The van der Waals surface area contributed by atoms with E-state index in [4.69, 9.17) is 14.7 Å². The number of nitrogens with one attached hydrogen (secondary N) is 1. The molecule has 0 unspecified atom stereocenters. The second-order valence-electron chi connectivity index (χ2n) is 9.64. The van der Waals surface area contributed by atoms with Gasteiger partial charge in [-0.05, 0) is 42.3 Å². The zero-order chi connectivity index (χ0) is 25.5. The normalized spacial score (nSPS) is 18.3. The Morgan fingerprint density at radius 2 is 1.84 bits per heavy atom. The molecule has 0 spiro atoms. The van der Waals surface area contributed by atoms with Crippen LogP contribution in [0.2, 0.25) is 0 Å². The summed E-state index contributed by atoms with van der Waals surface area (Å²) in [7, 11) is 0. The van der Waals surface area contributed by atoms with Gasteiger partial charge in [0.1, 0.15) is 35.9 Å². The van der Waals surface area contributed by atoms with Gasteiger partial charge in [-0.1, -0.05) is 42.5 Å². The standard InChI is InChI=1S/C29H25N7O2/c37-29(38-17-19-4-2-1-3-5-19)21-8-6-20(7-9-21)27-33-24-10-11-26(35-16-22-14-23(35)15-31-22)34-28(24)36(27)25-12-13-30-18-32-25/h1-13,18,22-23,31H,14-17H2/t22-,23-/m1/s1. The third-order valence-corrected chi connectivity index (χ3v) is 7.23. The predicted octanol–water partition coefficient (Wildman–Crippen LogP) is 3.79. The Balaban J connectivity index is 1.23. The van der Waals surface area contributed by atoms with E-state index >= 15 is 0 Å². The third-order valence-electron chi connectivity index (χ3n) is 7.23. The second kappa shape index (κ2) is 9.35. The fraction of sp³-hybridized carbons (Fsp3) is 0.207. The lowest BCUT2D eigenvalue weighted by Gasteiger charge is -2.28. The van der Waals surface area contributed by atoms with Gasteiger partial charge in [0.05, 0.1) is 5.56 Å². The van der Waals surface area contributed by atoms with Gasteiger partial charge < -0.3 is 15.0 Å². The SMILES string of the molecule is O=C(OCc1ccccc1)c1ccc(-c2nc3ccc(N4C[C@H]5C[C@@H]4CN5)nc3n2-c2ccncn2)cc1. The molecule has 9 heteroatoms. The topological polar surface area (TPSA) is 98.1 Å². The van der Waals surface area contributed by atoms with Gasteiger partial charge in [-0.2, -0.15) is 0 Å². The van der Waals surface area contributed by atoms with E-state index < -0.39 is 0 Å². The Hall–Kier alpha value is -4.63. The van der Waals surface area contributed by atoms with Gasteiger partial charge in [-0.15, -0.1) is 0 Å². The highest BCUT2D eigenvalue weighted by Crippen LogP contribution is 2.32. The summed E-state index contributed by atoms with van der Waals surface area (Å²) < 4.78 is 7.44. The highest BCUT2D eigenvalue weighted by atomic mass is 16.5. The summed E-state index contributed by atoms with van der Waals surface area (Å²) in [6.45, 7) is 2.17. The maximum Gasteiger partial charge on any atom is 0.338 e. The van der Waals surface area contributed by atoms with E-state index in [2.05, 4.69) is 26.3 Å². The largest absolute Gasteiger partial charge is 0.457 e. The molecule has 2 saturated heterocycles. The molecule has 2 aliphatic heterocycles. The number of rotatable bonds is 6. The first-order valence-corrected chi connectivity index (χ1v) is 12.7. The monoisotopic (exact) mass is 503 g/mol. The van der Waals surface area contributed by atoms with Gasteiger partial charge in [0, 0.05) is 36.9 Å². The zero-order valence-corrected chi connectivity index (χ0v) is 20.6. The first-order chi connectivity index (χ1) is 18.7. The maximum atomic E-state index is 12.6. The molecule has 2 aliphatic rings. The van der Waals surface area contributed by atoms with Gasteiger partial charge >= 0.3 is 5.97 Å². The van der Waals surface area contributed by atoms with Crippen molar-refractivity contribution in [2.45, 2.75) is 25.1 Å². The van der Waals surface area contributed by atoms with Gasteiger partial charge in [-0.3, -0.25) is 4.57 Å². The van der Waals surface area contributed by atoms with E-state index in [-0.39, 0.29) is 12.6 Å². The molecular weight excluding hydrogens is 478 g/mol. The molecule has 1 N–H and O–H groups in total. The summed E-state index contributed by atoms with van der Waals surface area (Å²) in [5.41, 5.74) is 3.77. The molecule has 188 valence electrons. The van der Waals surface area contributed by atoms with Crippen molar-refractivity contribution in [3.05, 3.63) is 96.4 Å². The van der Waals surface area contributed by atoms with Crippen LogP contribution in [0, 0.1) is 0 Å². The van der Waals surface area contributed by atoms with Crippen molar-refractivity contribution >= 4 is 23.0 Å². The minimum atomic E-state index is -0.370. The van der Waals surface area contributed by atoms with E-state index in [9.17, 15) is 4.79 Å². The molecule has 38 heavy (non-hydrogen) atoms. The van der Waals surface area contributed by atoms with E-state index in [1.807, 2.05) is 59.2 Å². The Morgan fingerprint density at radius 3 is 2.58 bits per heavy atom. The molecule has 2 atom stereocenters. The Morgan fingerprint density at radius 1 is 0.974 bits per heavy atom. The molecule has 9 nitrogen and oxygen atoms in total. The Bertz CT molecular complexity index is 1600. The van der Waals surface area contributed by atoms with E-state index in [1.54, 1.807) is 18.3 Å². The molecule has 5 aromatic rings. The molecule has 3 aromatic heterocycles. The molecule has 0 aliphatic carbocycles. The van der Waals surface area contributed by atoms with Crippen molar-refractivity contribution in [2.24, 2.45) is 0 Å². The lowest BCUT2D eigenvalue weighted by molar-refractivity contribution is 0.0472. The fourth-order valence-electron chi connectivity index (χ4n) is 5.34. The number of nitrogens with zero attached hydrogens (tertiary/aromatic N) is 6. The Labute approximate surface area is 219 Å². The number of pyridine rings is 1. The van der Waals surface area contributed by atoms with E-state index in [0.717, 1.165) is 47.6 Å². The van der Waals surface area contributed by atoms with Gasteiger partial charge in [-0.25, -0.2) is 24.7 Å². The summed E-state index contributed by atoms with van der Waals surface area (Å²) in [5.74, 6) is 1.95. The number of fused-ring (bicyclic) bond motifs is 3. The lowest BCUT2D eigenvalue weighted by Crippen LogP contribution is -2.44. The summed E-state index contributed by atoms with van der Waals surface area (Å²) in [6, 6.07) is 23.8. The van der Waals surface area contributed by atoms with E-state index in [0.29, 0.717) is 29.3 Å². The average molecular weight is 504 g/mol. The van der Waals surface area contributed by atoms with E-state index in [1.165, 1.54) is 6.33 Å². The van der Waals surface area contributed by atoms with Crippen LogP contribution in [0.25, 0.3) is 28.4 Å². The van der Waals surface area contributed by atoms with Crippen LogP contribution >= 0.6 is 0 Å². The number of imidazole rings is 1. The van der Waals surface area contributed by atoms with Crippen molar-refractivity contribution in [3.8, 4) is 17.2 Å². The van der Waals surface area contributed by atoms with Crippen LogP contribution in [-0.2, 0) is 11.3 Å². The molecular formula is C29H25N7O2. The van der Waals surface area contributed by atoms with Crippen LogP contribution in [0.4, 0.5) is 5.82 Å². The van der Waals surface area contributed by atoms with Gasteiger partial charge in [0.2, 0.25) is 0 Å². The van der Waals surface area contributed by atoms with Crippen molar-refractivity contribution in [3.63, 3.8) is 0 Å². The number of anilines is 1. The van der Waals surface area contributed by atoms with Crippen LogP contribution in [-0.4, -0.2) is 55.6 Å². The Kier molecular flexibility index (Phi) is 5.55. The number of piperazine rings is 1. The first-order valence-electron chi connectivity index (χ1n) is 12.7. The number of carbonyl (C=O) groups excluding carboxylic acids is 1. The third kappa shape index (κ3) is 4.06. The average Bonchev–Trinajstić information content (AvgIpc) is 3.71. The molecule has 7 rings (SSSR count). The number of aromatic nitrogens is 5. The quantitative estimate of drug-likeness (QED) is 0.350. The van der Waals surface area contributed by atoms with Crippen molar-refractivity contribution in [2.75, 3.05) is 18.0 Å². The number of carbonyl (C=O) groups is 1. The van der Waals surface area contributed by atoms with Crippen LogP contribution in [0.3, 0.4) is 0 Å². The van der Waals surface area contributed by atoms with Crippen molar-refractivity contribution in [1.29, 1.82) is 0 Å². The first kappa shape index (κ1) is 22.6. The zero-order valence-electron chi connectivity index (χ0n) is 20.6. The molecule has 5 heterocycles. The number of hydrogen-bond donors (Lipinski definition) is 1. The number of hydrogen-bond acceptors (Lipinski definition) is 8. The molecule has 0 amide bonds. The van der Waals surface area contributed by atoms with Crippen LogP contribution in [0.1, 0.15) is 22.3 Å². The van der Waals surface area contributed by atoms with Crippen LogP contribution in [0.5, 0.6) is 0 Å². The minimum Gasteiger partial charge on any atom is -0.457 e. The predicted molar refractivity (Wildman–Crippen MR) is 143 cm³/mol. The van der Waals surface area contributed by atoms with Crippen molar-refractivity contribution in [1.82, 2.24) is 29.8 Å².